The Morgan fingerprint density at radius 3 is 1.25 bits per heavy atom. The Morgan fingerprint density at radius 2 is 0.958 bits per heavy atom. The van der Waals surface area contributed by atoms with Crippen molar-refractivity contribution >= 4 is 9.24 Å². The van der Waals surface area contributed by atoms with Crippen molar-refractivity contribution in [3.63, 3.8) is 0 Å². The van der Waals surface area contributed by atoms with Crippen LogP contribution in [-0.4, -0.2) is 0 Å². The molecule has 0 spiro atoms. The fourth-order valence-electron chi connectivity index (χ4n) is 4.06. The number of hydrogen-bond acceptors (Lipinski definition) is 0. The smallest absolute Gasteiger partial charge is 0.0194 e. The van der Waals surface area contributed by atoms with Crippen LogP contribution in [0.25, 0.3) is 0 Å². The van der Waals surface area contributed by atoms with E-state index in [9.17, 15) is 0 Å². The lowest BCUT2D eigenvalue weighted by Gasteiger charge is -2.52. The van der Waals surface area contributed by atoms with Crippen LogP contribution in [0.15, 0.2) is 18.2 Å². The maximum absolute atomic E-state index is 3.23. The third-order valence-electron chi connectivity index (χ3n) is 5.46. The van der Waals surface area contributed by atoms with Crippen LogP contribution in [0.2, 0.25) is 0 Å². The van der Waals surface area contributed by atoms with Crippen molar-refractivity contribution < 1.29 is 0 Å². The van der Waals surface area contributed by atoms with Gasteiger partial charge in [-0.2, -0.15) is 0 Å². The van der Waals surface area contributed by atoms with Gasteiger partial charge in [0.2, 0.25) is 0 Å². The normalized spacial score (nSPS) is 14.9. The van der Waals surface area contributed by atoms with Crippen molar-refractivity contribution in [2.45, 2.75) is 99.1 Å². The standard InChI is InChI=1S/C23H41P/c1-19(2,3)17-14-13-16(15-18(17)20(4,5)6)23(24,21(7,8)9)22(10,11)12/h13-15H,24H2,1-12H3. The summed E-state index contributed by atoms with van der Waals surface area (Å²) in [5, 5.41) is 0.0103. The fourth-order valence-corrected chi connectivity index (χ4v) is 4.23. The summed E-state index contributed by atoms with van der Waals surface area (Å²) in [7, 11) is 3.23. The van der Waals surface area contributed by atoms with E-state index in [0.29, 0.717) is 0 Å². The molecule has 138 valence electrons. The predicted octanol–water partition coefficient (Wildman–Crippen LogP) is 7.44. The van der Waals surface area contributed by atoms with Crippen LogP contribution >= 0.6 is 9.24 Å². The van der Waals surface area contributed by atoms with Crippen molar-refractivity contribution in [2.24, 2.45) is 10.8 Å². The van der Waals surface area contributed by atoms with E-state index in [-0.39, 0.29) is 26.8 Å². The molecular formula is C23H41P. The maximum Gasteiger partial charge on any atom is 0.0194 e. The number of hydrogen-bond donors (Lipinski definition) is 0. The third kappa shape index (κ3) is 3.90. The van der Waals surface area contributed by atoms with Crippen molar-refractivity contribution in [3.8, 4) is 0 Å². The van der Waals surface area contributed by atoms with Gasteiger partial charge in [-0.1, -0.05) is 101 Å². The van der Waals surface area contributed by atoms with Crippen molar-refractivity contribution in [3.05, 3.63) is 34.9 Å². The molecule has 0 aliphatic rings. The highest BCUT2D eigenvalue weighted by Gasteiger charge is 2.48. The molecule has 0 nitrogen and oxygen atoms in total. The van der Waals surface area contributed by atoms with Gasteiger partial charge in [0.15, 0.2) is 0 Å². The summed E-state index contributed by atoms with van der Waals surface area (Å²) in [5.41, 5.74) is 4.98. The van der Waals surface area contributed by atoms with Gasteiger partial charge >= 0.3 is 0 Å². The summed E-state index contributed by atoms with van der Waals surface area (Å²) < 4.78 is 0. The molecule has 0 bridgehead atoms. The fraction of sp³-hybridized carbons (Fsp3) is 0.739. The molecule has 0 N–H and O–H groups in total. The zero-order chi connectivity index (χ0) is 19.4. The van der Waals surface area contributed by atoms with Crippen LogP contribution in [0.5, 0.6) is 0 Å². The molecule has 1 aromatic rings. The molecule has 24 heavy (non-hydrogen) atoms. The van der Waals surface area contributed by atoms with Crippen LogP contribution in [0.1, 0.15) is 99.8 Å². The monoisotopic (exact) mass is 348 g/mol. The summed E-state index contributed by atoms with van der Waals surface area (Å²) in [6.45, 7) is 28.1. The second-order valence-corrected chi connectivity index (χ2v) is 12.4. The quantitative estimate of drug-likeness (QED) is 0.462. The molecular weight excluding hydrogens is 307 g/mol. The van der Waals surface area contributed by atoms with E-state index in [1.807, 2.05) is 0 Å². The minimum absolute atomic E-state index is 0.0103. The lowest BCUT2D eigenvalue weighted by molar-refractivity contribution is 0.140. The van der Waals surface area contributed by atoms with Gasteiger partial charge < -0.3 is 0 Å². The zero-order valence-corrected chi connectivity index (χ0v) is 19.5. The van der Waals surface area contributed by atoms with E-state index in [1.165, 1.54) is 16.7 Å². The van der Waals surface area contributed by atoms with Gasteiger partial charge in [-0.3, -0.25) is 0 Å². The molecule has 1 rings (SSSR count). The van der Waals surface area contributed by atoms with Gasteiger partial charge in [0.1, 0.15) is 0 Å². The Balaban J connectivity index is 3.80. The highest BCUT2D eigenvalue weighted by molar-refractivity contribution is 7.18. The average molecular weight is 349 g/mol. The van der Waals surface area contributed by atoms with Gasteiger partial charge in [0, 0.05) is 5.16 Å². The largest absolute Gasteiger partial charge is 0.125 e. The molecule has 1 heteroatoms. The third-order valence-corrected chi connectivity index (χ3v) is 7.52. The topological polar surface area (TPSA) is 0 Å². The molecule has 0 heterocycles. The summed E-state index contributed by atoms with van der Waals surface area (Å²) in [5.74, 6) is 0. The second kappa shape index (κ2) is 6.12. The van der Waals surface area contributed by atoms with E-state index in [2.05, 4.69) is 111 Å². The van der Waals surface area contributed by atoms with Gasteiger partial charge in [0.05, 0.1) is 0 Å². The van der Waals surface area contributed by atoms with E-state index < -0.39 is 0 Å². The van der Waals surface area contributed by atoms with E-state index in [1.54, 1.807) is 0 Å². The molecule has 0 aromatic heterocycles. The summed E-state index contributed by atoms with van der Waals surface area (Å²) in [4.78, 5) is 0. The molecule has 0 aliphatic carbocycles. The summed E-state index contributed by atoms with van der Waals surface area (Å²) >= 11 is 0. The van der Waals surface area contributed by atoms with Crippen molar-refractivity contribution in [2.75, 3.05) is 0 Å². The molecule has 0 saturated carbocycles. The molecule has 1 unspecified atom stereocenters. The molecule has 1 atom stereocenters. The first-order chi connectivity index (χ1) is 10.3. The number of rotatable bonds is 1. The van der Waals surface area contributed by atoms with Crippen LogP contribution in [0.4, 0.5) is 0 Å². The Labute approximate surface area is 154 Å². The van der Waals surface area contributed by atoms with Crippen molar-refractivity contribution in [1.82, 2.24) is 0 Å². The van der Waals surface area contributed by atoms with Gasteiger partial charge in [0.25, 0.3) is 0 Å². The highest BCUT2D eigenvalue weighted by atomic mass is 31.0. The minimum atomic E-state index is 0.0103. The van der Waals surface area contributed by atoms with Gasteiger partial charge in [-0.25, -0.2) is 0 Å². The number of benzene rings is 1. The predicted molar refractivity (Wildman–Crippen MR) is 114 cm³/mol. The average Bonchev–Trinajstić information content (AvgIpc) is 2.32. The Morgan fingerprint density at radius 1 is 0.583 bits per heavy atom. The molecule has 0 fully saturated rings. The molecule has 1 aromatic carbocycles. The maximum atomic E-state index is 3.23. The van der Waals surface area contributed by atoms with Gasteiger partial charge in [-0.15, -0.1) is 9.24 Å². The summed E-state index contributed by atoms with van der Waals surface area (Å²) in [6, 6.07) is 7.25. The first-order valence-electron chi connectivity index (χ1n) is 9.28. The van der Waals surface area contributed by atoms with Gasteiger partial charge in [-0.05, 0) is 38.4 Å². The second-order valence-electron chi connectivity index (χ2n) is 11.6. The molecule has 0 aliphatic heterocycles. The minimum Gasteiger partial charge on any atom is -0.125 e. The van der Waals surface area contributed by atoms with E-state index in [4.69, 9.17) is 0 Å². The van der Waals surface area contributed by atoms with Crippen LogP contribution in [0.3, 0.4) is 0 Å². The molecule has 0 radical (unpaired) electrons. The Kier molecular flexibility index (Phi) is 5.53. The zero-order valence-electron chi connectivity index (χ0n) is 18.3. The lowest BCUT2D eigenvalue weighted by Crippen LogP contribution is -2.45. The van der Waals surface area contributed by atoms with Crippen molar-refractivity contribution in [1.29, 1.82) is 0 Å². The van der Waals surface area contributed by atoms with E-state index in [0.717, 1.165) is 0 Å². The summed E-state index contributed by atoms with van der Waals surface area (Å²) in [6.07, 6.45) is 0. The highest BCUT2D eigenvalue weighted by Crippen LogP contribution is 2.58. The molecule has 0 amide bonds. The Bertz CT molecular complexity index is 566. The van der Waals surface area contributed by atoms with Crippen LogP contribution in [-0.2, 0) is 16.0 Å². The Hall–Kier alpha value is -0.350. The van der Waals surface area contributed by atoms with Crippen LogP contribution in [0, 0.1) is 10.8 Å². The first kappa shape index (κ1) is 21.7. The molecule has 0 saturated heterocycles. The van der Waals surface area contributed by atoms with Crippen LogP contribution < -0.4 is 0 Å². The SMILES string of the molecule is CC(C)(C)c1ccc(C(P)(C(C)(C)C)C(C)(C)C)cc1C(C)(C)C. The van der Waals surface area contributed by atoms with E-state index >= 15 is 0 Å². The first-order valence-corrected chi connectivity index (χ1v) is 9.85. The lowest BCUT2D eigenvalue weighted by atomic mass is 9.61.